The molecule has 1 N–H and O–H groups in total. The summed E-state index contributed by atoms with van der Waals surface area (Å²) in [5.41, 5.74) is 1.67. The quantitative estimate of drug-likeness (QED) is 0.821. The summed E-state index contributed by atoms with van der Waals surface area (Å²) in [7, 11) is 1.66. The molecule has 0 aromatic heterocycles. The molecule has 2 aromatic rings. The Bertz CT molecular complexity index is 777. The van der Waals surface area contributed by atoms with Gasteiger partial charge in [0.15, 0.2) is 0 Å². The maximum atomic E-state index is 12.9. The van der Waals surface area contributed by atoms with Crippen molar-refractivity contribution in [3.05, 3.63) is 58.9 Å². The van der Waals surface area contributed by atoms with E-state index in [2.05, 4.69) is 15.1 Å². The Balaban J connectivity index is 1.47. The van der Waals surface area contributed by atoms with Gasteiger partial charge in [-0.25, -0.2) is 4.39 Å². The summed E-state index contributed by atoms with van der Waals surface area (Å²) in [4.78, 5) is 16.6. The first-order valence-corrected chi connectivity index (χ1v) is 9.24. The highest BCUT2D eigenvalue weighted by Gasteiger charge is 2.20. The molecule has 1 fully saturated rings. The van der Waals surface area contributed by atoms with Gasteiger partial charge in [0.05, 0.1) is 13.7 Å². The average Bonchev–Trinajstić information content (AvgIpc) is 2.65. The minimum atomic E-state index is -0.319. The lowest BCUT2D eigenvalue weighted by atomic mass is 10.1. The summed E-state index contributed by atoms with van der Waals surface area (Å²) < 4.78 is 18.3. The molecule has 1 amide bonds. The van der Waals surface area contributed by atoms with E-state index < -0.39 is 0 Å². The first-order chi connectivity index (χ1) is 13.0. The molecule has 7 heteroatoms. The molecule has 0 saturated carbocycles. The van der Waals surface area contributed by atoms with Crippen LogP contribution in [0, 0.1) is 5.82 Å². The molecular weight excluding hydrogens is 369 g/mol. The largest absolute Gasteiger partial charge is 0.496 e. The number of methoxy groups -OCH3 is 1. The summed E-state index contributed by atoms with van der Waals surface area (Å²) >= 11 is 6.10. The van der Waals surface area contributed by atoms with Crippen LogP contribution in [0.3, 0.4) is 0 Å². The third kappa shape index (κ3) is 5.66. The molecule has 0 bridgehead atoms. The van der Waals surface area contributed by atoms with E-state index in [0.29, 0.717) is 17.3 Å². The lowest BCUT2D eigenvalue weighted by molar-refractivity contribution is -0.117. The Labute approximate surface area is 163 Å². The van der Waals surface area contributed by atoms with Gasteiger partial charge < -0.3 is 10.1 Å². The second kappa shape index (κ2) is 9.17. The van der Waals surface area contributed by atoms with Gasteiger partial charge in [-0.3, -0.25) is 14.6 Å². The van der Waals surface area contributed by atoms with Gasteiger partial charge in [0.1, 0.15) is 11.6 Å². The van der Waals surface area contributed by atoms with Gasteiger partial charge in [-0.15, -0.1) is 0 Å². The van der Waals surface area contributed by atoms with Crippen LogP contribution in [0.15, 0.2) is 42.5 Å². The van der Waals surface area contributed by atoms with Crippen molar-refractivity contribution >= 4 is 23.2 Å². The number of ether oxygens (including phenoxy) is 1. The van der Waals surface area contributed by atoms with Crippen molar-refractivity contribution in [3.63, 3.8) is 0 Å². The number of anilines is 1. The Kier molecular flexibility index (Phi) is 6.66. The van der Waals surface area contributed by atoms with Crippen LogP contribution in [0.25, 0.3) is 0 Å². The molecule has 1 aliphatic heterocycles. The first kappa shape index (κ1) is 19.6. The predicted molar refractivity (Wildman–Crippen MR) is 105 cm³/mol. The molecule has 0 aliphatic carbocycles. The molecule has 2 aromatic carbocycles. The molecule has 1 saturated heterocycles. The van der Waals surface area contributed by atoms with Crippen molar-refractivity contribution in [1.82, 2.24) is 9.80 Å². The Hall–Kier alpha value is -2.15. The van der Waals surface area contributed by atoms with Crippen LogP contribution >= 0.6 is 11.6 Å². The van der Waals surface area contributed by atoms with E-state index in [1.165, 1.54) is 12.1 Å². The number of amides is 1. The summed E-state index contributed by atoms with van der Waals surface area (Å²) in [6.45, 7) is 4.42. The summed E-state index contributed by atoms with van der Waals surface area (Å²) in [6, 6.07) is 11.4. The van der Waals surface area contributed by atoms with Crippen molar-refractivity contribution in [2.75, 3.05) is 45.2 Å². The molecule has 0 spiro atoms. The molecule has 0 atom stereocenters. The Morgan fingerprint density at radius 2 is 1.78 bits per heavy atom. The third-order valence-corrected chi connectivity index (χ3v) is 4.83. The summed E-state index contributed by atoms with van der Waals surface area (Å²) in [5.74, 6) is 0.424. The number of halogens is 2. The number of benzene rings is 2. The Morgan fingerprint density at radius 3 is 2.44 bits per heavy atom. The van der Waals surface area contributed by atoms with Crippen LogP contribution in [-0.2, 0) is 11.3 Å². The van der Waals surface area contributed by atoms with E-state index in [9.17, 15) is 9.18 Å². The van der Waals surface area contributed by atoms with Gasteiger partial charge >= 0.3 is 0 Å². The van der Waals surface area contributed by atoms with Crippen LogP contribution in [0.1, 0.15) is 5.56 Å². The van der Waals surface area contributed by atoms with Gasteiger partial charge in [0.2, 0.25) is 5.91 Å². The normalized spacial score (nSPS) is 15.5. The molecular formula is C20H23ClFN3O2. The number of piperazine rings is 1. The fraction of sp³-hybridized carbons (Fsp3) is 0.350. The van der Waals surface area contributed by atoms with Crippen molar-refractivity contribution in [2.24, 2.45) is 0 Å². The third-order valence-electron chi connectivity index (χ3n) is 4.60. The highest BCUT2D eigenvalue weighted by Crippen LogP contribution is 2.24. The van der Waals surface area contributed by atoms with E-state index in [-0.39, 0.29) is 11.7 Å². The van der Waals surface area contributed by atoms with Crippen LogP contribution in [-0.4, -0.2) is 55.5 Å². The summed E-state index contributed by atoms with van der Waals surface area (Å²) in [6.07, 6.45) is 0. The van der Waals surface area contributed by atoms with E-state index in [0.717, 1.165) is 44.0 Å². The standard InChI is InChI=1S/C20H23ClFN3O2/c1-27-19-7-2-16(21)12-15(19)13-24-8-10-25(11-9-24)14-20(26)23-18-5-3-17(22)4-6-18/h2-7,12H,8-11,13-14H2,1H3,(H,23,26). The first-order valence-electron chi connectivity index (χ1n) is 8.86. The second-order valence-electron chi connectivity index (χ2n) is 6.56. The molecule has 1 aliphatic rings. The molecule has 0 unspecified atom stereocenters. The molecule has 27 heavy (non-hydrogen) atoms. The Morgan fingerprint density at radius 1 is 1.11 bits per heavy atom. The lowest BCUT2D eigenvalue weighted by Gasteiger charge is -2.34. The monoisotopic (exact) mass is 391 g/mol. The number of carbonyl (C=O) groups excluding carboxylic acids is 1. The second-order valence-corrected chi connectivity index (χ2v) is 7.00. The van der Waals surface area contributed by atoms with Crippen LogP contribution in [0.5, 0.6) is 5.75 Å². The van der Waals surface area contributed by atoms with Crippen LogP contribution < -0.4 is 10.1 Å². The van der Waals surface area contributed by atoms with E-state index >= 15 is 0 Å². The average molecular weight is 392 g/mol. The molecule has 144 valence electrons. The number of nitrogens with zero attached hydrogens (tertiary/aromatic N) is 2. The van der Waals surface area contributed by atoms with Crippen molar-refractivity contribution in [1.29, 1.82) is 0 Å². The van der Waals surface area contributed by atoms with Crippen molar-refractivity contribution < 1.29 is 13.9 Å². The smallest absolute Gasteiger partial charge is 0.238 e. The lowest BCUT2D eigenvalue weighted by Crippen LogP contribution is -2.48. The predicted octanol–water partition coefficient (Wildman–Crippen LogP) is 3.24. The van der Waals surface area contributed by atoms with Gasteiger partial charge in [-0.1, -0.05) is 11.6 Å². The van der Waals surface area contributed by atoms with Crippen LogP contribution in [0.2, 0.25) is 5.02 Å². The molecule has 5 nitrogen and oxygen atoms in total. The zero-order chi connectivity index (χ0) is 19.2. The minimum Gasteiger partial charge on any atom is -0.496 e. The maximum Gasteiger partial charge on any atom is 0.238 e. The zero-order valence-electron chi connectivity index (χ0n) is 15.3. The topological polar surface area (TPSA) is 44.8 Å². The van der Waals surface area contributed by atoms with E-state index in [1.54, 1.807) is 19.2 Å². The highest BCUT2D eigenvalue weighted by atomic mass is 35.5. The number of carbonyl (C=O) groups is 1. The van der Waals surface area contributed by atoms with Crippen molar-refractivity contribution in [2.45, 2.75) is 6.54 Å². The number of hydrogen-bond acceptors (Lipinski definition) is 4. The van der Waals surface area contributed by atoms with Gasteiger partial charge in [-0.05, 0) is 42.5 Å². The van der Waals surface area contributed by atoms with Gasteiger partial charge in [0, 0.05) is 49.0 Å². The molecule has 3 rings (SSSR count). The number of rotatable bonds is 6. The maximum absolute atomic E-state index is 12.9. The SMILES string of the molecule is COc1ccc(Cl)cc1CN1CCN(CC(=O)Nc2ccc(F)cc2)CC1. The highest BCUT2D eigenvalue weighted by molar-refractivity contribution is 6.30. The molecule has 0 radical (unpaired) electrons. The van der Waals surface area contributed by atoms with E-state index in [4.69, 9.17) is 16.3 Å². The fourth-order valence-corrected chi connectivity index (χ4v) is 3.35. The summed E-state index contributed by atoms with van der Waals surface area (Å²) in [5, 5.41) is 3.49. The van der Waals surface area contributed by atoms with Gasteiger partial charge in [-0.2, -0.15) is 0 Å². The van der Waals surface area contributed by atoms with Gasteiger partial charge in [0.25, 0.3) is 0 Å². The van der Waals surface area contributed by atoms with Crippen molar-refractivity contribution in [3.8, 4) is 5.75 Å². The number of hydrogen-bond donors (Lipinski definition) is 1. The number of nitrogens with one attached hydrogen (secondary N) is 1. The van der Waals surface area contributed by atoms with E-state index in [1.807, 2.05) is 18.2 Å². The minimum absolute atomic E-state index is 0.0911. The molecule has 1 heterocycles. The van der Waals surface area contributed by atoms with Crippen LogP contribution in [0.4, 0.5) is 10.1 Å². The fourth-order valence-electron chi connectivity index (χ4n) is 3.15. The zero-order valence-corrected chi connectivity index (χ0v) is 16.0.